The van der Waals surface area contributed by atoms with Crippen molar-refractivity contribution >= 4 is 27.5 Å². The molecule has 0 aromatic carbocycles. The molecular formula is C17H24N2O6S. The molecule has 0 bridgehead atoms. The van der Waals surface area contributed by atoms with Gasteiger partial charge >= 0.3 is 5.97 Å². The lowest BCUT2D eigenvalue weighted by molar-refractivity contribution is -0.136. The van der Waals surface area contributed by atoms with Gasteiger partial charge in [0.2, 0.25) is 0 Å². The molecule has 1 aliphatic heterocycles. The highest BCUT2D eigenvalue weighted by Gasteiger charge is 2.34. The number of nitrogens with one attached hydrogen (secondary N) is 1. The number of rotatable bonds is 6. The molecule has 0 spiro atoms. The number of ketones is 1. The summed E-state index contributed by atoms with van der Waals surface area (Å²) in [6.07, 6.45) is 0.396. The number of esters is 1. The lowest BCUT2D eigenvalue weighted by Crippen LogP contribution is -2.43. The summed E-state index contributed by atoms with van der Waals surface area (Å²) in [6.45, 7) is 6.35. The van der Waals surface area contributed by atoms with Crippen molar-refractivity contribution in [2.24, 2.45) is 0 Å². The van der Waals surface area contributed by atoms with E-state index in [1.54, 1.807) is 20.8 Å². The fraction of sp³-hybridized carbons (Fsp3) is 0.588. The molecule has 0 radical (unpaired) electrons. The SMILES string of the molecule is CCN(C(=O)COC(=O)c1[nH]c(C)c(C(C)=O)c1C)[C@@H]1CCS(=O)(=O)C1. The fourth-order valence-electron chi connectivity index (χ4n) is 3.42. The van der Waals surface area contributed by atoms with Crippen molar-refractivity contribution in [2.75, 3.05) is 24.7 Å². The predicted molar refractivity (Wildman–Crippen MR) is 95.0 cm³/mol. The lowest BCUT2D eigenvalue weighted by Gasteiger charge is -2.26. The van der Waals surface area contributed by atoms with Crippen LogP contribution in [-0.2, 0) is 19.4 Å². The first-order chi connectivity index (χ1) is 12.1. The number of aryl methyl sites for hydroxylation is 1. The summed E-state index contributed by atoms with van der Waals surface area (Å²) in [5.74, 6) is -1.31. The van der Waals surface area contributed by atoms with Crippen LogP contribution in [0.2, 0.25) is 0 Å². The van der Waals surface area contributed by atoms with E-state index < -0.39 is 28.3 Å². The first-order valence-electron chi connectivity index (χ1n) is 8.44. The van der Waals surface area contributed by atoms with Crippen LogP contribution in [-0.4, -0.2) is 66.7 Å². The minimum absolute atomic E-state index is 0.0581. The summed E-state index contributed by atoms with van der Waals surface area (Å²) in [7, 11) is -3.11. The molecule has 144 valence electrons. The number of ether oxygens (including phenoxy) is 1. The second-order valence-corrected chi connectivity index (χ2v) is 8.72. The molecule has 0 saturated carbocycles. The predicted octanol–water partition coefficient (Wildman–Crippen LogP) is 1.03. The molecule has 9 heteroatoms. The molecule has 1 amide bonds. The Bertz CT molecular complexity index is 840. The summed E-state index contributed by atoms with van der Waals surface area (Å²) in [4.78, 5) is 40.5. The Balaban J connectivity index is 2.03. The largest absolute Gasteiger partial charge is 0.451 e. The highest BCUT2D eigenvalue weighted by Crippen LogP contribution is 2.20. The van der Waals surface area contributed by atoms with Crippen LogP contribution in [0, 0.1) is 13.8 Å². The summed E-state index contributed by atoms with van der Waals surface area (Å²) in [6, 6.07) is -0.380. The van der Waals surface area contributed by atoms with Crippen molar-refractivity contribution in [1.29, 1.82) is 0 Å². The molecule has 1 fully saturated rings. The zero-order chi connectivity index (χ0) is 19.6. The zero-order valence-electron chi connectivity index (χ0n) is 15.4. The lowest BCUT2D eigenvalue weighted by atomic mass is 10.1. The second-order valence-electron chi connectivity index (χ2n) is 6.49. The third-order valence-electron chi connectivity index (χ3n) is 4.63. The topological polar surface area (TPSA) is 114 Å². The standard InChI is InChI=1S/C17H24N2O6S/c1-5-19(13-6-7-26(23,24)9-13)14(21)8-25-17(22)16-10(2)15(12(4)20)11(3)18-16/h13,18H,5-9H2,1-4H3/t13-/m1/s1. The molecule has 2 heterocycles. The summed E-state index contributed by atoms with van der Waals surface area (Å²) in [5, 5.41) is 0. The van der Waals surface area contributed by atoms with Gasteiger partial charge < -0.3 is 14.6 Å². The summed E-state index contributed by atoms with van der Waals surface area (Å²) < 4.78 is 28.3. The van der Waals surface area contributed by atoms with Crippen LogP contribution in [0.15, 0.2) is 0 Å². The Hall–Kier alpha value is -2.16. The number of amides is 1. The average molecular weight is 384 g/mol. The fourth-order valence-corrected chi connectivity index (χ4v) is 5.15. The molecule has 1 atom stereocenters. The van der Waals surface area contributed by atoms with Gasteiger partial charge in [0.1, 0.15) is 5.69 Å². The van der Waals surface area contributed by atoms with Crippen LogP contribution in [0.5, 0.6) is 0 Å². The van der Waals surface area contributed by atoms with E-state index in [1.165, 1.54) is 11.8 Å². The van der Waals surface area contributed by atoms with E-state index in [2.05, 4.69) is 4.98 Å². The highest BCUT2D eigenvalue weighted by molar-refractivity contribution is 7.91. The van der Waals surface area contributed by atoms with Crippen molar-refractivity contribution in [3.63, 3.8) is 0 Å². The maximum absolute atomic E-state index is 12.4. The molecule has 0 aliphatic carbocycles. The number of aromatic nitrogens is 1. The van der Waals surface area contributed by atoms with E-state index in [4.69, 9.17) is 4.74 Å². The third kappa shape index (κ3) is 4.14. The Morgan fingerprint density at radius 2 is 1.92 bits per heavy atom. The van der Waals surface area contributed by atoms with Crippen LogP contribution in [0.1, 0.15) is 52.4 Å². The molecule has 8 nitrogen and oxygen atoms in total. The minimum atomic E-state index is -3.11. The number of carbonyl (C=O) groups is 3. The number of hydrogen-bond donors (Lipinski definition) is 1. The number of aromatic amines is 1. The Kier molecular flexibility index (Phi) is 5.90. The number of Topliss-reactive ketones (excluding diaryl/α,β-unsaturated/α-hetero) is 1. The van der Waals surface area contributed by atoms with Gasteiger partial charge in [-0.15, -0.1) is 0 Å². The average Bonchev–Trinajstić information content (AvgIpc) is 3.04. The van der Waals surface area contributed by atoms with Crippen molar-refractivity contribution < 1.29 is 27.5 Å². The Morgan fingerprint density at radius 1 is 1.27 bits per heavy atom. The van der Waals surface area contributed by atoms with Gasteiger partial charge in [0.05, 0.1) is 11.5 Å². The normalized spacial score (nSPS) is 18.5. The van der Waals surface area contributed by atoms with Crippen molar-refractivity contribution in [3.05, 3.63) is 22.5 Å². The number of hydrogen-bond acceptors (Lipinski definition) is 6. The second kappa shape index (κ2) is 7.61. The smallest absolute Gasteiger partial charge is 0.355 e. The molecule has 1 N–H and O–H groups in total. The van der Waals surface area contributed by atoms with Gasteiger partial charge in [-0.25, -0.2) is 13.2 Å². The number of carbonyl (C=O) groups excluding carboxylic acids is 3. The molecule has 1 aromatic rings. The van der Waals surface area contributed by atoms with E-state index in [0.717, 1.165) is 0 Å². The van der Waals surface area contributed by atoms with Crippen LogP contribution >= 0.6 is 0 Å². The van der Waals surface area contributed by atoms with E-state index in [-0.39, 0.29) is 29.0 Å². The van der Waals surface area contributed by atoms with Crippen LogP contribution in [0.4, 0.5) is 0 Å². The maximum atomic E-state index is 12.4. The van der Waals surface area contributed by atoms with Crippen LogP contribution in [0.3, 0.4) is 0 Å². The van der Waals surface area contributed by atoms with Gasteiger partial charge in [0, 0.05) is 23.8 Å². The van der Waals surface area contributed by atoms with Gasteiger partial charge in [0.15, 0.2) is 22.2 Å². The van der Waals surface area contributed by atoms with E-state index >= 15 is 0 Å². The molecule has 1 saturated heterocycles. The number of sulfone groups is 1. The summed E-state index contributed by atoms with van der Waals surface area (Å²) >= 11 is 0. The van der Waals surface area contributed by atoms with Gasteiger partial charge in [0.25, 0.3) is 5.91 Å². The first-order valence-corrected chi connectivity index (χ1v) is 10.3. The molecular weight excluding hydrogens is 360 g/mol. The zero-order valence-corrected chi connectivity index (χ0v) is 16.2. The number of H-pyrrole nitrogens is 1. The number of nitrogens with zero attached hydrogens (tertiary/aromatic N) is 1. The highest BCUT2D eigenvalue weighted by atomic mass is 32.2. The Labute approximate surface area is 152 Å². The van der Waals surface area contributed by atoms with E-state index in [0.29, 0.717) is 29.8 Å². The van der Waals surface area contributed by atoms with Gasteiger partial charge in [-0.3, -0.25) is 9.59 Å². The monoisotopic (exact) mass is 384 g/mol. The van der Waals surface area contributed by atoms with Crippen molar-refractivity contribution in [2.45, 2.75) is 40.2 Å². The van der Waals surface area contributed by atoms with Crippen molar-refractivity contribution in [3.8, 4) is 0 Å². The van der Waals surface area contributed by atoms with Gasteiger partial charge in [-0.1, -0.05) is 0 Å². The molecule has 2 rings (SSSR count). The van der Waals surface area contributed by atoms with Crippen LogP contribution < -0.4 is 0 Å². The van der Waals surface area contributed by atoms with Crippen molar-refractivity contribution in [1.82, 2.24) is 9.88 Å². The van der Waals surface area contributed by atoms with Crippen LogP contribution in [0.25, 0.3) is 0 Å². The van der Waals surface area contributed by atoms with Gasteiger partial charge in [-0.2, -0.15) is 0 Å². The third-order valence-corrected chi connectivity index (χ3v) is 6.38. The maximum Gasteiger partial charge on any atom is 0.355 e. The quantitative estimate of drug-likeness (QED) is 0.579. The van der Waals surface area contributed by atoms with E-state index in [9.17, 15) is 22.8 Å². The molecule has 1 aromatic heterocycles. The Morgan fingerprint density at radius 3 is 2.38 bits per heavy atom. The molecule has 26 heavy (non-hydrogen) atoms. The molecule has 1 aliphatic rings. The van der Waals surface area contributed by atoms with Gasteiger partial charge in [-0.05, 0) is 39.7 Å². The van der Waals surface area contributed by atoms with E-state index in [1.807, 2.05) is 0 Å². The summed E-state index contributed by atoms with van der Waals surface area (Å²) in [5.41, 5.74) is 1.64. The minimum Gasteiger partial charge on any atom is -0.451 e. The molecule has 0 unspecified atom stereocenters. The number of likely N-dealkylation sites (N-methyl/N-ethyl adjacent to an activating group) is 1. The first kappa shape index (κ1) is 20.2.